The molecule has 5 heteroatoms. The highest BCUT2D eigenvalue weighted by Crippen LogP contribution is 2.26. The number of fused-ring (bicyclic) bond motifs is 1. The third-order valence-electron chi connectivity index (χ3n) is 2.91. The fraction of sp³-hybridized carbons (Fsp3) is 0.700. The monoisotopic (exact) mass is 215 g/mol. The Balaban J connectivity index is 2.33. The number of nitrogens with zero attached hydrogens (tertiary/aromatic N) is 2. The van der Waals surface area contributed by atoms with E-state index in [9.17, 15) is 8.78 Å². The van der Waals surface area contributed by atoms with Crippen LogP contribution in [0.4, 0.5) is 8.78 Å². The van der Waals surface area contributed by atoms with Crippen molar-refractivity contribution in [3.05, 3.63) is 17.7 Å². The maximum absolute atomic E-state index is 12.7. The molecule has 0 aliphatic carbocycles. The fourth-order valence-corrected chi connectivity index (χ4v) is 1.78. The second kappa shape index (κ2) is 3.56. The molecule has 0 saturated heterocycles. The van der Waals surface area contributed by atoms with Gasteiger partial charge in [0.15, 0.2) is 0 Å². The SMILES string of the molecule is CC(N)(c1cn2c(n1)CCCC2)C(F)F. The van der Waals surface area contributed by atoms with Gasteiger partial charge in [-0.05, 0) is 19.8 Å². The van der Waals surface area contributed by atoms with Gasteiger partial charge < -0.3 is 10.3 Å². The minimum Gasteiger partial charge on any atom is -0.335 e. The third kappa shape index (κ3) is 1.76. The van der Waals surface area contributed by atoms with Crippen LogP contribution >= 0.6 is 0 Å². The molecule has 2 heterocycles. The van der Waals surface area contributed by atoms with Gasteiger partial charge >= 0.3 is 0 Å². The van der Waals surface area contributed by atoms with Crippen LogP contribution in [0.5, 0.6) is 0 Å². The third-order valence-corrected chi connectivity index (χ3v) is 2.91. The van der Waals surface area contributed by atoms with Gasteiger partial charge in [0.2, 0.25) is 0 Å². The summed E-state index contributed by atoms with van der Waals surface area (Å²) in [5.41, 5.74) is 4.23. The summed E-state index contributed by atoms with van der Waals surface area (Å²) in [6, 6.07) is 0. The highest BCUT2D eigenvalue weighted by molar-refractivity contribution is 5.16. The maximum Gasteiger partial charge on any atom is 0.261 e. The molecule has 0 bridgehead atoms. The Morgan fingerprint density at radius 2 is 2.27 bits per heavy atom. The number of rotatable bonds is 2. The number of halogens is 2. The quantitative estimate of drug-likeness (QED) is 0.815. The molecule has 0 amide bonds. The molecule has 0 fully saturated rings. The van der Waals surface area contributed by atoms with Crippen molar-refractivity contribution >= 4 is 0 Å². The van der Waals surface area contributed by atoms with Crippen LogP contribution in [0.25, 0.3) is 0 Å². The van der Waals surface area contributed by atoms with Crippen molar-refractivity contribution in [1.29, 1.82) is 0 Å². The Kier molecular flexibility index (Phi) is 2.50. The zero-order valence-electron chi connectivity index (χ0n) is 8.71. The van der Waals surface area contributed by atoms with E-state index >= 15 is 0 Å². The minimum absolute atomic E-state index is 0.300. The Morgan fingerprint density at radius 3 is 2.87 bits per heavy atom. The number of aryl methyl sites for hydroxylation is 2. The Labute approximate surface area is 87.3 Å². The number of alkyl halides is 2. The lowest BCUT2D eigenvalue weighted by Crippen LogP contribution is -2.41. The van der Waals surface area contributed by atoms with E-state index in [1.54, 1.807) is 6.20 Å². The van der Waals surface area contributed by atoms with E-state index in [4.69, 9.17) is 5.73 Å². The number of hydrogen-bond donors (Lipinski definition) is 1. The van der Waals surface area contributed by atoms with Crippen LogP contribution in [0.3, 0.4) is 0 Å². The van der Waals surface area contributed by atoms with Crippen LogP contribution in [0.2, 0.25) is 0 Å². The van der Waals surface area contributed by atoms with Crippen molar-refractivity contribution in [3.8, 4) is 0 Å². The molecule has 0 saturated carbocycles. The number of imidazole rings is 1. The van der Waals surface area contributed by atoms with E-state index in [1.165, 1.54) is 6.92 Å². The summed E-state index contributed by atoms with van der Waals surface area (Å²) in [6.07, 6.45) is 2.10. The van der Waals surface area contributed by atoms with Gasteiger partial charge in [-0.1, -0.05) is 0 Å². The molecule has 0 aromatic carbocycles. The topological polar surface area (TPSA) is 43.8 Å². The smallest absolute Gasteiger partial charge is 0.261 e. The van der Waals surface area contributed by atoms with E-state index in [1.807, 2.05) is 4.57 Å². The minimum atomic E-state index is -2.59. The average Bonchev–Trinajstić information content (AvgIpc) is 2.61. The normalized spacial score (nSPS) is 20.1. The molecule has 0 radical (unpaired) electrons. The van der Waals surface area contributed by atoms with Gasteiger partial charge in [0, 0.05) is 19.2 Å². The largest absolute Gasteiger partial charge is 0.335 e. The highest BCUT2D eigenvalue weighted by Gasteiger charge is 2.35. The molecule has 0 spiro atoms. The van der Waals surface area contributed by atoms with Gasteiger partial charge in [0.1, 0.15) is 11.4 Å². The van der Waals surface area contributed by atoms with E-state index in [0.29, 0.717) is 5.69 Å². The van der Waals surface area contributed by atoms with Crippen LogP contribution in [0, 0.1) is 0 Å². The average molecular weight is 215 g/mol. The summed E-state index contributed by atoms with van der Waals surface area (Å²) in [5.74, 6) is 0.883. The van der Waals surface area contributed by atoms with Crippen LogP contribution in [-0.2, 0) is 18.5 Å². The molecule has 2 N–H and O–H groups in total. The first kappa shape index (κ1) is 10.5. The van der Waals surface area contributed by atoms with Crippen LogP contribution in [0.15, 0.2) is 6.20 Å². The first-order valence-electron chi connectivity index (χ1n) is 5.15. The molecule has 84 valence electrons. The van der Waals surface area contributed by atoms with E-state index in [2.05, 4.69) is 4.98 Å². The number of nitrogens with two attached hydrogens (primary N) is 1. The molecule has 1 aromatic rings. The first-order chi connectivity index (χ1) is 7.01. The number of aromatic nitrogens is 2. The van der Waals surface area contributed by atoms with Gasteiger partial charge in [-0.15, -0.1) is 0 Å². The molecule has 1 atom stereocenters. The van der Waals surface area contributed by atoms with Crippen molar-refractivity contribution in [3.63, 3.8) is 0 Å². The summed E-state index contributed by atoms with van der Waals surface area (Å²) in [5, 5.41) is 0. The zero-order valence-corrected chi connectivity index (χ0v) is 8.71. The van der Waals surface area contributed by atoms with Crippen LogP contribution in [0.1, 0.15) is 31.3 Å². The van der Waals surface area contributed by atoms with Crippen molar-refractivity contribution < 1.29 is 8.78 Å². The van der Waals surface area contributed by atoms with Crippen molar-refractivity contribution in [1.82, 2.24) is 9.55 Å². The van der Waals surface area contributed by atoms with Gasteiger partial charge in [0.05, 0.1) is 5.69 Å². The van der Waals surface area contributed by atoms with Crippen molar-refractivity contribution in [2.45, 2.75) is 44.7 Å². The lowest BCUT2D eigenvalue weighted by atomic mass is 10.0. The van der Waals surface area contributed by atoms with Crippen LogP contribution < -0.4 is 5.73 Å². The highest BCUT2D eigenvalue weighted by atomic mass is 19.3. The molecule has 15 heavy (non-hydrogen) atoms. The lowest BCUT2D eigenvalue weighted by Gasteiger charge is -2.20. The second-order valence-corrected chi connectivity index (χ2v) is 4.28. The predicted molar refractivity (Wildman–Crippen MR) is 52.7 cm³/mol. The Bertz CT molecular complexity index is 334. The van der Waals surface area contributed by atoms with Gasteiger partial charge in [-0.2, -0.15) is 0 Å². The second-order valence-electron chi connectivity index (χ2n) is 4.28. The summed E-state index contributed by atoms with van der Waals surface area (Å²) in [4.78, 5) is 4.20. The van der Waals surface area contributed by atoms with Gasteiger partial charge in [0.25, 0.3) is 6.43 Å². The molecular weight excluding hydrogens is 200 g/mol. The van der Waals surface area contributed by atoms with Crippen molar-refractivity contribution in [2.24, 2.45) is 5.73 Å². The fourth-order valence-electron chi connectivity index (χ4n) is 1.78. The van der Waals surface area contributed by atoms with Crippen LogP contribution in [-0.4, -0.2) is 16.0 Å². The molecular formula is C10H15F2N3. The Morgan fingerprint density at radius 1 is 1.53 bits per heavy atom. The Hall–Kier alpha value is -0.970. The predicted octanol–water partition coefficient (Wildman–Crippen LogP) is 1.66. The molecule has 3 nitrogen and oxygen atoms in total. The summed E-state index contributed by atoms with van der Waals surface area (Å²) in [7, 11) is 0. The zero-order chi connectivity index (χ0) is 11.1. The van der Waals surface area contributed by atoms with Gasteiger partial charge in [-0.25, -0.2) is 13.8 Å². The van der Waals surface area contributed by atoms with E-state index in [-0.39, 0.29) is 0 Å². The first-order valence-corrected chi connectivity index (χ1v) is 5.15. The van der Waals surface area contributed by atoms with Crippen molar-refractivity contribution in [2.75, 3.05) is 0 Å². The molecule has 1 aromatic heterocycles. The molecule has 1 aliphatic rings. The standard InChI is InChI=1S/C10H15F2N3/c1-10(13,9(11)12)7-6-15-5-3-2-4-8(15)14-7/h6,9H,2-5,13H2,1H3. The number of hydrogen-bond acceptors (Lipinski definition) is 2. The summed E-state index contributed by atoms with van der Waals surface area (Å²) in [6.45, 7) is 2.19. The maximum atomic E-state index is 12.7. The molecule has 2 rings (SSSR count). The van der Waals surface area contributed by atoms with E-state index in [0.717, 1.165) is 31.6 Å². The summed E-state index contributed by atoms with van der Waals surface area (Å²) >= 11 is 0. The summed E-state index contributed by atoms with van der Waals surface area (Å²) < 4.78 is 27.3. The van der Waals surface area contributed by atoms with Gasteiger partial charge in [-0.3, -0.25) is 0 Å². The molecule has 1 unspecified atom stereocenters. The molecule has 1 aliphatic heterocycles. The van der Waals surface area contributed by atoms with E-state index < -0.39 is 12.0 Å². The lowest BCUT2D eigenvalue weighted by molar-refractivity contribution is 0.0603.